The largest absolute Gasteiger partial charge is 0.493 e. The molecule has 34 heavy (non-hydrogen) atoms. The highest BCUT2D eigenvalue weighted by Crippen LogP contribution is 2.38. The Bertz CT molecular complexity index is 1170. The van der Waals surface area contributed by atoms with Gasteiger partial charge in [0.05, 0.1) is 20.3 Å². The predicted octanol–water partition coefficient (Wildman–Crippen LogP) is 6.00. The summed E-state index contributed by atoms with van der Waals surface area (Å²) in [7, 11) is 3.33. The molecule has 0 aromatic heterocycles. The SMILES string of the molecule is COc1cc2c(cc1OC)C(COc1cc(C)cc(C)c1)N(C(=S)Nc1cccc(C)c1)CC2. The molecule has 4 rings (SSSR count). The molecule has 1 atom stereocenters. The number of anilines is 1. The number of benzene rings is 3. The molecule has 0 aliphatic carbocycles. The number of hydrogen-bond acceptors (Lipinski definition) is 4. The van der Waals surface area contributed by atoms with Gasteiger partial charge in [0.2, 0.25) is 0 Å². The lowest BCUT2D eigenvalue weighted by atomic mass is 9.92. The minimum absolute atomic E-state index is 0.0748. The van der Waals surface area contributed by atoms with Crippen molar-refractivity contribution >= 4 is 23.0 Å². The van der Waals surface area contributed by atoms with Crippen molar-refractivity contribution in [1.82, 2.24) is 4.90 Å². The van der Waals surface area contributed by atoms with Gasteiger partial charge in [0.1, 0.15) is 12.4 Å². The van der Waals surface area contributed by atoms with E-state index in [1.54, 1.807) is 14.2 Å². The Morgan fingerprint density at radius 1 is 0.941 bits per heavy atom. The van der Waals surface area contributed by atoms with E-state index in [0.29, 0.717) is 17.5 Å². The molecule has 0 spiro atoms. The molecule has 0 radical (unpaired) electrons. The second-order valence-electron chi connectivity index (χ2n) is 8.80. The Kier molecular flexibility index (Phi) is 7.27. The summed E-state index contributed by atoms with van der Waals surface area (Å²) in [5.74, 6) is 2.31. The highest BCUT2D eigenvalue weighted by molar-refractivity contribution is 7.80. The summed E-state index contributed by atoms with van der Waals surface area (Å²) in [4.78, 5) is 2.22. The third-order valence-electron chi connectivity index (χ3n) is 6.14. The number of aryl methyl sites for hydroxylation is 3. The first-order valence-electron chi connectivity index (χ1n) is 11.5. The van der Waals surface area contributed by atoms with Gasteiger partial charge in [-0.15, -0.1) is 0 Å². The first kappa shape index (κ1) is 23.9. The van der Waals surface area contributed by atoms with Crippen LogP contribution in [0.4, 0.5) is 5.69 Å². The van der Waals surface area contributed by atoms with Crippen LogP contribution in [-0.2, 0) is 6.42 Å². The summed E-state index contributed by atoms with van der Waals surface area (Å²) >= 11 is 5.89. The smallest absolute Gasteiger partial charge is 0.174 e. The van der Waals surface area contributed by atoms with Crippen molar-refractivity contribution in [3.05, 3.63) is 82.4 Å². The Labute approximate surface area is 207 Å². The lowest BCUT2D eigenvalue weighted by Gasteiger charge is -2.39. The summed E-state index contributed by atoms with van der Waals surface area (Å²) in [5, 5.41) is 4.11. The van der Waals surface area contributed by atoms with Gasteiger partial charge >= 0.3 is 0 Å². The van der Waals surface area contributed by atoms with E-state index in [0.717, 1.165) is 35.7 Å². The molecule has 1 N–H and O–H groups in total. The molecule has 178 valence electrons. The Morgan fingerprint density at radius 3 is 2.32 bits per heavy atom. The monoisotopic (exact) mass is 476 g/mol. The molecule has 0 bridgehead atoms. The van der Waals surface area contributed by atoms with Gasteiger partial charge in [0.15, 0.2) is 16.6 Å². The van der Waals surface area contributed by atoms with Gasteiger partial charge in [-0.25, -0.2) is 0 Å². The molecule has 1 heterocycles. The quantitative estimate of drug-likeness (QED) is 0.440. The Morgan fingerprint density at radius 2 is 1.65 bits per heavy atom. The zero-order valence-electron chi connectivity index (χ0n) is 20.5. The Balaban J connectivity index is 1.66. The highest BCUT2D eigenvalue weighted by Gasteiger charge is 2.31. The molecular weight excluding hydrogens is 444 g/mol. The van der Waals surface area contributed by atoms with Gasteiger partial charge in [-0.3, -0.25) is 0 Å². The highest BCUT2D eigenvalue weighted by atomic mass is 32.1. The molecule has 1 aliphatic heterocycles. The molecule has 6 heteroatoms. The average Bonchev–Trinajstić information content (AvgIpc) is 2.80. The summed E-state index contributed by atoms with van der Waals surface area (Å²) in [6.45, 7) is 7.48. The first-order chi connectivity index (χ1) is 16.4. The van der Waals surface area contributed by atoms with Crippen LogP contribution in [0.15, 0.2) is 54.6 Å². The fourth-order valence-corrected chi connectivity index (χ4v) is 4.90. The van der Waals surface area contributed by atoms with E-state index in [1.165, 1.54) is 22.3 Å². The van der Waals surface area contributed by atoms with Gasteiger partial charge in [0.25, 0.3) is 0 Å². The molecule has 0 amide bonds. The summed E-state index contributed by atoms with van der Waals surface area (Å²) in [5.41, 5.74) is 6.89. The normalized spacial score (nSPS) is 14.9. The second-order valence-corrected chi connectivity index (χ2v) is 9.19. The molecule has 0 saturated heterocycles. The topological polar surface area (TPSA) is 43.0 Å². The van der Waals surface area contributed by atoms with Gasteiger partial charge in [0, 0.05) is 12.2 Å². The van der Waals surface area contributed by atoms with E-state index < -0.39 is 0 Å². The number of thiocarbonyl (C=S) groups is 1. The van der Waals surface area contributed by atoms with E-state index in [4.69, 9.17) is 26.4 Å². The van der Waals surface area contributed by atoms with Crippen LogP contribution in [0.1, 0.15) is 33.9 Å². The number of ether oxygens (including phenoxy) is 3. The third-order valence-corrected chi connectivity index (χ3v) is 6.47. The molecular formula is C28H32N2O3S. The van der Waals surface area contributed by atoms with Crippen molar-refractivity contribution in [1.29, 1.82) is 0 Å². The lowest BCUT2D eigenvalue weighted by Crippen LogP contribution is -2.44. The van der Waals surface area contributed by atoms with E-state index in [1.807, 2.05) is 12.1 Å². The van der Waals surface area contributed by atoms with Crippen LogP contribution in [0.25, 0.3) is 0 Å². The average molecular weight is 477 g/mol. The number of nitrogens with one attached hydrogen (secondary N) is 1. The maximum atomic E-state index is 6.34. The Hall–Kier alpha value is -3.25. The lowest BCUT2D eigenvalue weighted by molar-refractivity contribution is 0.190. The number of fused-ring (bicyclic) bond motifs is 1. The van der Waals surface area contributed by atoms with Crippen LogP contribution >= 0.6 is 12.2 Å². The summed E-state index contributed by atoms with van der Waals surface area (Å²) in [6.07, 6.45) is 0.853. The summed E-state index contributed by atoms with van der Waals surface area (Å²) < 4.78 is 17.5. The predicted molar refractivity (Wildman–Crippen MR) is 142 cm³/mol. The molecule has 1 unspecified atom stereocenters. The van der Waals surface area contributed by atoms with Gasteiger partial charge in [-0.2, -0.15) is 0 Å². The van der Waals surface area contributed by atoms with Crippen LogP contribution in [0.2, 0.25) is 0 Å². The van der Waals surface area contributed by atoms with Crippen molar-refractivity contribution in [2.75, 3.05) is 32.7 Å². The van der Waals surface area contributed by atoms with E-state index in [9.17, 15) is 0 Å². The maximum absolute atomic E-state index is 6.34. The maximum Gasteiger partial charge on any atom is 0.174 e. The van der Waals surface area contributed by atoms with Gasteiger partial charge in [-0.05, 0) is 104 Å². The number of hydrogen-bond donors (Lipinski definition) is 1. The number of nitrogens with zero attached hydrogens (tertiary/aromatic N) is 1. The van der Waals surface area contributed by atoms with Crippen molar-refractivity contribution in [3.8, 4) is 17.2 Å². The third kappa shape index (κ3) is 5.28. The molecule has 0 saturated carbocycles. The first-order valence-corrected chi connectivity index (χ1v) is 11.9. The van der Waals surface area contributed by atoms with Crippen LogP contribution in [-0.4, -0.2) is 37.4 Å². The second kappa shape index (κ2) is 10.3. The van der Waals surface area contributed by atoms with Crippen LogP contribution in [0.3, 0.4) is 0 Å². The van der Waals surface area contributed by atoms with Gasteiger partial charge < -0.3 is 24.4 Å². The molecule has 3 aromatic rings. The summed E-state index contributed by atoms with van der Waals surface area (Å²) in [6, 6.07) is 18.6. The van der Waals surface area contributed by atoms with E-state index in [2.05, 4.69) is 73.5 Å². The fourth-order valence-electron chi connectivity index (χ4n) is 4.56. The molecule has 5 nitrogen and oxygen atoms in total. The standard InChI is InChI=1S/C28H32N2O3S/c1-18-7-6-8-22(12-18)29-28(34)30-10-9-21-15-26(31-4)27(32-5)16-24(21)25(30)17-33-23-13-19(2)11-20(3)14-23/h6-8,11-16,25H,9-10,17H2,1-5H3,(H,29,34). The fraction of sp³-hybridized carbons (Fsp3) is 0.321. The minimum atomic E-state index is -0.0748. The number of rotatable bonds is 6. The van der Waals surface area contributed by atoms with Crippen molar-refractivity contribution < 1.29 is 14.2 Å². The van der Waals surface area contributed by atoms with E-state index >= 15 is 0 Å². The van der Waals surface area contributed by atoms with Crippen LogP contribution < -0.4 is 19.5 Å². The zero-order valence-corrected chi connectivity index (χ0v) is 21.3. The van der Waals surface area contributed by atoms with Crippen molar-refractivity contribution in [2.45, 2.75) is 33.2 Å². The van der Waals surface area contributed by atoms with E-state index in [-0.39, 0.29) is 6.04 Å². The van der Waals surface area contributed by atoms with Crippen molar-refractivity contribution in [3.63, 3.8) is 0 Å². The van der Waals surface area contributed by atoms with Crippen molar-refractivity contribution in [2.24, 2.45) is 0 Å². The van der Waals surface area contributed by atoms with Crippen LogP contribution in [0.5, 0.6) is 17.2 Å². The molecule has 0 fully saturated rings. The molecule has 3 aromatic carbocycles. The molecule has 1 aliphatic rings. The van der Waals surface area contributed by atoms with Crippen LogP contribution in [0, 0.1) is 20.8 Å². The van der Waals surface area contributed by atoms with Gasteiger partial charge in [-0.1, -0.05) is 18.2 Å². The minimum Gasteiger partial charge on any atom is -0.493 e. The number of methoxy groups -OCH3 is 2. The zero-order chi connectivity index (χ0) is 24.2.